The van der Waals surface area contributed by atoms with Crippen molar-refractivity contribution in [3.8, 4) is 0 Å². The van der Waals surface area contributed by atoms with E-state index in [1.54, 1.807) is 0 Å². The summed E-state index contributed by atoms with van der Waals surface area (Å²) in [6.45, 7) is 5.15. The zero-order chi connectivity index (χ0) is 6.97. The molecule has 2 aliphatic heterocycles. The largest absolute Gasteiger partial charge is 0.300 e. The number of rotatable bonds is 0. The quantitative estimate of drug-likeness (QED) is 0.495. The maximum absolute atomic E-state index is 2.69. The zero-order valence-corrected chi connectivity index (χ0v) is 6.84. The van der Waals surface area contributed by atoms with Crippen LogP contribution < -0.4 is 0 Å². The van der Waals surface area contributed by atoms with Crippen molar-refractivity contribution in [2.75, 3.05) is 13.1 Å². The van der Waals surface area contributed by atoms with Gasteiger partial charge in [0.05, 0.1) is 0 Å². The van der Waals surface area contributed by atoms with E-state index in [0.29, 0.717) is 0 Å². The van der Waals surface area contributed by atoms with Crippen molar-refractivity contribution in [2.24, 2.45) is 5.92 Å². The Morgan fingerprint density at radius 1 is 1.30 bits per heavy atom. The highest BCUT2D eigenvalue weighted by Gasteiger charge is 2.30. The molecule has 0 aromatic heterocycles. The van der Waals surface area contributed by atoms with Crippen LogP contribution in [0.15, 0.2) is 0 Å². The van der Waals surface area contributed by atoms with Gasteiger partial charge in [-0.1, -0.05) is 13.3 Å². The van der Waals surface area contributed by atoms with Gasteiger partial charge in [0.2, 0.25) is 0 Å². The Kier molecular flexibility index (Phi) is 1.69. The van der Waals surface area contributed by atoms with E-state index >= 15 is 0 Å². The lowest BCUT2D eigenvalue weighted by atomic mass is 10.0. The van der Waals surface area contributed by atoms with Crippen LogP contribution in [0.4, 0.5) is 0 Å². The molecule has 0 aromatic rings. The molecule has 0 aromatic carbocycles. The van der Waals surface area contributed by atoms with E-state index in [-0.39, 0.29) is 0 Å². The first kappa shape index (κ1) is 6.66. The lowest BCUT2D eigenvalue weighted by Crippen LogP contribution is -2.33. The van der Waals surface area contributed by atoms with Gasteiger partial charge >= 0.3 is 0 Å². The van der Waals surface area contributed by atoms with Gasteiger partial charge in [0, 0.05) is 12.6 Å². The van der Waals surface area contributed by atoms with Gasteiger partial charge < -0.3 is 4.90 Å². The van der Waals surface area contributed by atoms with Crippen LogP contribution in [0.1, 0.15) is 32.6 Å². The minimum Gasteiger partial charge on any atom is -0.300 e. The Balaban J connectivity index is 1.97. The summed E-state index contributed by atoms with van der Waals surface area (Å²) in [5.74, 6) is 0.975. The van der Waals surface area contributed by atoms with E-state index in [1.165, 1.54) is 38.8 Å². The van der Waals surface area contributed by atoms with Crippen molar-refractivity contribution < 1.29 is 0 Å². The van der Waals surface area contributed by atoms with Crippen LogP contribution in [0.2, 0.25) is 0 Å². The average molecular weight is 139 g/mol. The van der Waals surface area contributed by atoms with E-state index in [1.807, 2.05) is 0 Å². The van der Waals surface area contributed by atoms with Crippen LogP contribution in [-0.4, -0.2) is 24.0 Å². The molecule has 2 rings (SSSR count). The van der Waals surface area contributed by atoms with Crippen molar-refractivity contribution in [1.82, 2.24) is 4.90 Å². The highest BCUT2D eigenvalue weighted by Crippen LogP contribution is 2.29. The van der Waals surface area contributed by atoms with Crippen LogP contribution in [0.25, 0.3) is 0 Å². The molecule has 2 aliphatic rings. The fraction of sp³-hybridized carbons (Fsp3) is 1.00. The average Bonchev–Trinajstić information content (AvgIpc) is 2.27. The lowest BCUT2D eigenvalue weighted by Gasteiger charge is -2.28. The topological polar surface area (TPSA) is 3.24 Å². The number of fused-ring (bicyclic) bond motifs is 1. The number of hydrogen-bond donors (Lipinski definition) is 0. The SMILES string of the molecule is C[C@@H]1C[C@H]2CCCCN2C1. The van der Waals surface area contributed by atoms with Gasteiger partial charge in [-0.2, -0.15) is 0 Å². The van der Waals surface area contributed by atoms with Gasteiger partial charge in [-0.3, -0.25) is 0 Å². The fourth-order valence-corrected chi connectivity index (χ4v) is 2.51. The molecular formula is C9H17N. The van der Waals surface area contributed by atoms with Crippen molar-refractivity contribution in [1.29, 1.82) is 0 Å². The Labute approximate surface area is 63.4 Å². The van der Waals surface area contributed by atoms with Crippen molar-refractivity contribution in [3.63, 3.8) is 0 Å². The van der Waals surface area contributed by atoms with Crippen LogP contribution in [0.5, 0.6) is 0 Å². The molecule has 2 atom stereocenters. The van der Waals surface area contributed by atoms with Crippen LogP contribution >= 0.6 is 0 Å². The molecule has 2 saturated heterocycles. The summed E-state index contributed by atoms with van der Waals surface area (Å²) in [6, 6.07) is 0.976. The Morgan fingerprint density at radius 3 is 3.00 bits per heavy atom. The molecule has 0 unspecified atom stereocenters. The van der Waals surface area contributed by atoms with E-state index in [4.69, 9.17) is 0 Å². The fourth-order valence-electron chi connectivity index (χ4n) is 2.51. The lowest BCUT2D eigenvalue weighted by molar-refractivity contribution is 0.197. The van der Waals surface area contributed by atoms with Gasteiger partial charge in [0.15, 0.2) is 0 Å². The minimum atomic E-state index is 0.975. The van der Waals surface area contributed by atoms with Gasteiger partial charge in [0.25, 0.3) is 0 Å². The molecule has 1 heteroatoms. The molecule has 0 bridgehead atoms. The summed E-state index contributed by atoms with van der Waals surface area (Å²) in [5.41, 5.74) is 0. The Bertz CT molecular complexity index is 108. The molecule has 2 fully saturated rings. The van der Waals surface area contributed by atoms with Crippen LogP contribution in [-0.2, 0) is 0 Å². The van der Waals surface area contributed by atoms with E-state index in [2.05, 4.69) is 11.8 Å². The number of hydrogen-bond acceptors (Lipinski definition) is 1. The van der Waals surface area contributed by atoms with Gasteiger partial charge in [-0.05, 0) is 31.7 Å². The second-order valence-corrected chi connectivity index (χ2v) is 3.99. The van der Waals surface area contributed by atoms with E-state index in [9.17, 15) is 0 Å². The molecule has 0 radical (unpaired) electrons. The number of nitrogens with zero attached hydrogens (tertiary/aromatic N) is 1. The van der Waals surface area contributed by atoms with E-state index in [0.717, 1.165) is 12.0 Å². The molecular weight excluding hydrogens is 122 g/mol. The summed E-state index contributed by atoms with van der Waals surface area (Å²) >= 11 is 0. The molecule has 0 spiro atoms. The molecule has 0 aliphatic carbocycles. The maximum atomic E-state index is 2.69. The first-order valence-corrected chi connectivity index (χ1v) is 4.60. The summed E-state index contributed by atoms with van der Waals surface area (Å²) in [4.78, 5) is 2.69. The predicted molar refractivity (Wildman–Crippen MR) is 43.0 cm³/mol. The monoisotopic (exact) mass is 139 g/mol. The van der Waals surface area contributed by atoms with Crippen molar-refractivity contribution in [2.45, 2.75) is 38.6 Å². The third-order valence-electron chi connectivity index (χ3n) is 2.97. The second-order valence-electron chi connectivity index (χ2n) is 3.99. The first-order valence-electron chi connectivity index (χ1n) is 4.60. The third-order valence-corrected chi connectivity index (χ3v) is 2.97. The smallest absolute Gasteiger partial charge is 0.00983 e. The zero-order valence-electron chi connectivity index (χ0n) is 6.84. The molecule has 0 N–H and O–H groups in total. The van der Waals surface area contributed by atoms with Gasteiger partial charge in [-0.15, -0.1) is 0 Å². The predicted octanol–water partition coefficient (Wildman–Crippen LogP) is 1.88. The molecule has 0 saturated carbocycles. The molecule has 0 amide bonds. The van der Waals surface area contributed by atoms with Crippen LogP contribution in [0, 0.1) is 5.92 Å². The molecule has 10 heavy (non-hydrogen) atoms. The summed E-state index contributed by atoms with van der Waals surface area (Å²) in [7, 11) is 0. The molecule has 1 nitrogen and oxygen atoms in total. The Hall–Kier alpha value is -0.0400. The normalized spacial score (nSPS) is 41.7. The van der Waals surface area contributed by atoms with E-state index < -0.39 is 0 Å². The van der Waals surface area contributed by atoms with Crippen molar-refractivity contribution in [3.05, 3.63) is 0 Å². The second kappa shape index (κ2) is 2.54. The highest BCUT2D eigenvalue weighted by molar-refractivity contribution is 4.85. The maximum Gasteiger partial charge on any atom is 0.00983 e. The number of piperidine rings is 1. The standard InChI is InChI=1S/C9H17N/c1-8-6-9-4-2-3-5-10(9)7-8/h8-9H,2-7H2,1H3/t8-,9-/m1/s1. The Morgan fingerprint density at radius 2 is 2.20 bits per heavy atom. The summed E-state index contributed by atoms with van der Waals surface area (Å²) < 4.78 is 0. The summed E-state index contributed by atoms with van der Waals surface area (Å²) in [6.07, 6.45) is 5.88. The minimum absolute atomic E-state index is 0.975. The van der Waals surface area contributed by atoms with Gasteiger partial charge in [0.1, 0.15) is 0 Å². The van der Waals surface area contributed by atoms with Crippen LogP contribution in [0.3, 0.4) is 0 Å². The molecule has 2 heterocycles. The van der Waals surface area contributed by atoms with Crippen molar-refractivity contribution >= 4 is 0 Å². The summed E-state index contributed by atoms with van der Waals surface area (Å²) in [5, 5.41) is 0. The third kappa shape index (κ3) is 1.07. The highest BCUT2D eigenvalue weighted by atomic mass is 15.2. The molecule has 58 valence electrons. The first-order chi connectivity index (χ1) is 4.86. The van der Waals surface area contributed by atoms with Gasteiger partial charge in [-0.25, -0.2) is 0 Å².